The molecule has 0 bridgehead atoms. The van der Waals surface area contributed by atoms with Gasteiger partial charge < -0.3 is 5.11 Å². The largest absolute Gasteiger partial charge is 0.506 e. The van der Waals surface area contributed by atoms with Crippen LogP contribution in [0.3, 0.4) is 0 Å². The fourth-order valence-corrected chi connectivity index (χ4v) is 1.76. The summed E-state index contributed by atoms with van der Waals surface area (Å²) in [6.45, 7) is 0. The molecule has 0 aliphatic rings. The van der Waals surface area contributed by atoms with Crippen LogP contribution in [0, 0.1) is 34.0 Å². The van der Waals surface area contributed by atoms with E-state index in [1.807, 2.05) is 6.07 Å². The second-order valence-corrected chi connectivity index (χ2v) is 3.35. The van der Waals surface area contributed by atoms with Crippen molar-refractivity contribution in [2.75, 3.05) is 0 Å². The third-order valence-corrected chi connectivity index (χ3v) is 2.52. The van der Waals surface area contributed by atoms with E-state index in [9.17, 15) is 5.11 Å². The highest BCUT2D eigenvalue weighted by Gasteiger charge is 2.18. The minimum absolute atomic E-state index is 0.0776. The van der Waals surface area contributed by atoms with Gasteiger partial charge in [-0.05, 0) is 0 Å². The predicted molar refractivity (Wildman–Crippen MR) is 59.8 cm³/mol. The first-order valence-electron chi connectivity index (χ1n) is 4.72. The average molecular weight is 219 g/mol. The molecule has 2 aromatic rings. The van der Waals surface area contributed by atoms with Crippen LogP contribution >= 0.6 is 0 Å². The number of rotatable bonds is 0. The average Bonchev–Trinajstić information content (AvgIpc) is 2.38. The first-order valence-corrected chi connectivity index (χ1v) is 4.72. The Morgan fingerprint density at radius 2 is 1.29 bits per heavy atom. The molecule has 0 saturated heterocycles. The van der Waals surface area contributed by atoms with E-state index in [0.29, 0.717) is 10.8 Å². The SMILES string of the molecule is N#Cc1c(C#N)c(C#N)c2ccccc2c1O. The molecule has 0 aliphatic carbocycles. The highest BCUT2D eigenvalue weighted by atomic mass is 16.3. The molecule has 0 heterocycles. The van der Waals surface area contributed by atoms with E-state index in [0.717, 1.165) is 0 Å². The lowest BCUT2D eigenvalue weighted by molar-refractivity contribution is 0.479. The molecule has 0 amide bonds. The Bertz CT molecular complexity index is 742. The van der Waals surface area contributed by atoms with Gasteiger partial charge in [0.15, 0.2) is 0 Å². The van der Waals surface area contributed by atoms with Gasteiger partial charge in [0, 0.05) is 10.8 Å². The summed E-state index contributed by atoms with van der Waals surface area (Å²) >= 11 is 0. The third-order valence-electron chi connectivity index (χ3n) is 2.52. The molecule has 4 heteroatoms. The lowest BCUT2D eigenvalue weighted by atomic mass is 9.95. The predicted octanol–water partition coefficient (Wildman–Crippen LogP) is 2.16. The maximum atomic E-state index is 9.90. The van der Waals surface area contributed by atoms with Crippen LogP contribution in [0.15, 0.2) is 24.3 Å². The van der Waals surface area contributed by atoms with Gasteiger partial charge in [-0.1, -0.05) is 24.3 Å². The number of phenolic OH excluding ortho intramolecular Hbond substituents is 1. The van der Waals surface area contributed by atoms with Gasteiger partial charge in [0.2, 0.25) is 0 Å². The van der Waals surface area contributed by atoms with Crippen molar-refractivity contribution in [2.45, 2.75) is 0 Å². The van der Waals surface area contributed by atoms with Crippen molar-refractivity contribution in [2.24, 2.45) is 0 Å². The summed E-state index contributed by atoms with van der Waals surface area (Å²) in [5.41, 5.74) is -0.105. The zero-order valence-corrected chi connectivity index (χ0v) is 8.60. The van der Waals surface area contributed by atoms with E-state index in [1.54, 1.807) is 36.4 Å². The maximum absolute atomic E-state index is 9.90. The van der Waals surface area contributed by atoms with Crippen LogP contribution in [0.2, 0.25) is 0 Å². The van der Waals surface area contributed by atoms with E-state index >= 15 is 0 Å². The highest BCUT2D eigenvalue weighted by molar-refractivity contribution is 5.97. The molecule has 4 nitrogen and oxygen atoms in total. The summed E-state index contributed by atoms with van der Waals surface area (Å²) in [4.78, 5) is 0. The highest BCUT2D eigenvalue weighted by Crippen LogP contribution is 2.34. The Hall–Kier alpha value is -3.03. The molecule has 2 aromatic carbocycles. The van der Waals surface area contributed by atoms with Gasteiger partial charge in [0.05, 0.1) is 11.1 Å². The Kier molecular flexibility index (Phi) is 2.37. The second-order valence-electron chi connectivity index (χ2n) is 3.35. The molecule has 0 aromatic heterocycles. The number of hydrogen-bond donors (Lipinski definition) is 1. The van der Waals surface area contributed by atoms with Crippen molar-refractivity contribution in [3.63, 3.8) is 0 Å². The van der Waals surface area contributed by atoms with E-state index in [4.69, 9.17) is 15.8 Å². The van der Waals surface area contributed by atoms with Crippen molar-refractivity contribution in [1.29, 1.82) is 15.8 Å². The van der Waals surface area contributed by atoms with E-state index in [-0.39, 0.29) is 22.4 Å². The summed E-state index contributed by atoms with van der Waals surface area (Å²) < 4.78 is 0. The Labute approximate surface area is 97.2 Å². The number of phenols is 1. The molecule has 17 heavy (non-hydrogen) atoms. The Balaban J connectivity index is 3.14. The Morgan fingerprint density at radius 3 is 1.82 bits per heavy atom. The fraction of sp³-hybridized carbons (Fsp3) is 0. The quantitative estimate of drug-likeness (QED) is 0.734. The van der Waals surface area contributed by atoms with Crippen molar-refractivity contribution in [3.05, 3.63) is 41.0 Å². The van der Waals surface area contributed by atoms with Crippen LogP contribution in [0.4, 0.5) is 0 Å². The van der Waals surface area contributed by atoms with Gasteiger partial charge in [-0.25, -0.2) is 0 Å². The van der Waals surface area contributed by atoms with Crippen LogP contribution in [0.1, 0.15) is 16.7 Å². The number of nitrogens with zero attached hydrogens (tertiary/aromatic N) is 3. The van der Waals surface area contributed by atoms with Gasteiger partial charge in [0.1, 0.15) is 29.5 Å². The maximum Gasteiger partial charge on any atom is 0.142 e. The number of benzene rings is 2. The monoisotopic (exact) mass is 219 g/mol. The lowest BCUT2D eigenvalue weighted by Gasteiger charge is -2.07. The number of aromatic hydroxyl groups is 1. The van der Waals surface area contributed by atoms with Gasteiger partial charge in [0.25, 0.3) is 0 Å². The summed E-state index contributed by atoms with van der Waals surface area (Å²) in [6.07, 6.45) is 0. The summed E-state index contributed by atoms with van der Waals surface area (Å²) in [5, 5.41) is 37.8. The molecule has 0 radical (unpaired) electrons. The zero-order valence-electron chi connectivity index (χ0n) is 8.60. The van der Waals surface area contributed by atoms with Crippen molar-refractivity contribution >= 4 is 10.8 Å². The molecule has 78 valence electrons. The van der Waals surface area contributed by atoms with Crippen LogP contribution < -0.4 is 0 Å². The molecule has 0 fully saturated rings. The van der Waals surface area contributed by atoms with Crippen LogP contribution in [-0.2, 0) is 0 Å². The molecular weight excluding hydrogens is 214 g/mol. The van der Waals surface area contributed by atoms with Crippen molar-refractivity contribution in [3.8, 4) is 24.0 Å². The zero-order chi connectivity index (χ0) is 12.4. The molecule has 2 rings (SSSR count). The lowest BCUT2D eigenvalue weighted by Crippen LogP contribution is -1.93. The normalized spacial score (nSPS) is 9.24. The summed E-state index contributed by atoms with van der Waals surface area (Å²) in [6, 6.07) is 12.1. The van der Waals surface area contributed by atoms with Gasteiger partial charge in [-0.3, -0.25) is 0 Å². The Morgan fingerprint density at radius 1 is 0.765 bits per heavy atom. The topological polar surface area (TPSA) is 91.6 Å². The van der Waals surface area contributed by atoms with E-state index in [2.05, 4.69) is 0 Å². The molecule has 0 aliphatic heterocycles. The first-order chi connectivity index (χ1) is 8.24. The smallest absolute Gasteiger partial charge is 0.142 e. The van der Waals surface area contributed by atoms with Crippen LogP contribution in [0.25, 0.3) is 10.8 Å². The molecular formula is C13H5N3O. The second kappa shape index (κ2) is 3.85. The molecule has 0 unspecified atom stereocenters. The number of hydrogen-bond acceptors (Lipinski definition) is 4. The van der Waals surface area contributed by atoms with E-state index < -0.39 is 0 Å². The standard InChI is InChI=1S/C13H5N3O/c14-5-10-8-3-1-2-4-9(8)13(17)12(7-16)11(10)6-15/h1-4,17H. The third kappa shape index (κ3) is 1.35. The summed E-state index contributed by atoms with van der Waals surface area (Å²) in [7, 11) is 0. The van der Waals surface area contributed by atoms with E-state index in [1.165, 1.54) is 0 Å². The number of nitriles is 3. The minimum Gasteiger partial charge on any atom is -0.506 e. The minimum atomic E-state index is -0.251. The molecule has 0 spiro atoms. The summed E-state index contributed by atoms with van der Waals surface area (Å²) in [5.74, 6) is -0.251. The van der Waals surface area contributed by atoms with Gasteiger partial charge in [-0.2, -0.15) is 15.8 Å². The first kappa shape index (κ1) is 10.5. The number of fused-ring (bicyclic) bond motifs is 1. The fourth-order valence-electron chi connectivity index (χ4n) is 1.76. The van der Waals surface area contributed by atoms with Crippen molar-refractivity contribution < 1.29 is 5.11 Å². The van der Waals surface area contributed by atoms with Crippen molar-refractivity contribution in [1.82, 2.24) is 0 Å². The van der Waals surface area contributed by atoms with Gasteiger partial charge >= 0.3 is 0 Å². The van der Waals surface area contributed by atoms with Crippen LogP contribution in [-0.4, -0.2) is 5.11 Å². The van der Waals surface area contributed by atoms with Crippen LogP contribution in [0.5, 0.6) is 5.75 Å². The molecule has 0 saturated carbocycles. The van der Waals surface area contributed by atoms with Gasteiger partial charge in [-0.15, -0.1) is 0 Å². The molecule has 0 atom stereocenters. The molecule has 1 N–H and O–H groups in total.